The number of halogens is 8. The van der Waals surface area contributed by atoms with E-state index in [2.05, 4.69) is 63.0 Å². The molecule has 0 saturated carbocycles. The Bertz CT molecular complexity index is 5650. The van der Waals surface area contributed by atoms with Gasteiger partial charge in [0.15, 0.2) is 22.6 Å². The molecule has 0 radical (unpaired) electrons. The zero-order chi connectivity index (χ0) is 95.9. The number of carboxylic acids is 2. The minimum Gasteiger partial charge on any atom is -0.480 e. The van der Waals surface area contributed by atoms with Crippen molar-refractivity contribution in [3.63, 3.8) is 0 Å². The molecule has 0 unspecified atom stereocenters. The molecule has 30 nitrogen and oxygen atoms in total. The zero-order valence-electron chi connectivity index (χ0n) is 78.2. The molecule has 8 aliphatic heterocycles. The quantitative estimate of drug-likeness (QED) is 0.0568. The Morgan fingerprint density at radius 3 is 0.735 bits per heavy atom. The number of aliphatic carboxylic acids is 2. The number of Topliss-reactive ketones (excluding diaryl/α,β-unsaturated/α-hetero) is 2. The fourth-order valence-electron chi connectivity index (χ4n) is 21.2. The number of carboxylic acid groups (broad SMARTS) is 2. The highest BCUT2D eigenvalue weighted by Crippen LogP contribution is 2.43. The van der Waals surface area contributed by atoms with Crippen LogP contribution in [0.15, 0.2) is 97.6 Å². The van der Waals surface area contributed by atoms with Crippen LogP contribution in [0.2, 0.25) is 40.2 Å². The third-order valence-electron chi connectivity index (χ3n) is 28.7. The number of piperidine rings is 4. The van der Waals surface area contributed by atoms with Crippen LogP contribution in [0, 0.1) is 75.0 Å². The van der Waals surface area contributed by atoms with E-state index in [9.17, 15) is 19.2 Å². The predicted molar refractivity (Wildman–Crippen MR) is 537 cm³/mol. The Labute approximate surface area is 831 Å². The molecule has 38 heteroatoms. The van der Waals surface area contributed by atoms with Crippen molar-refractivity contribution < 1.29 is 29.4 Å². The molecule has 720 valence electrons. The van der Waals surface area contributed by atoms with Gasteiger partial charge >= 0.3 is 11.9 Å². The van der Waals surface area contributed by atoms with Crippen molar-refractivity contribution in [3.05, 3.63) is 183 Å². The van der Waals surface area contributed by atoms with E-state index in [1.807, 2.05) is 134 Å². The largest absolute Gasteiger partial charge is 0.480 e. The molecule has 2 N–H and O–H groups in total. The highest BCUT2D eigenvalue weighted by atomic mass is 35.5. The molecule has 8 atom stereocenters. The summed E-state index contributed by atoms with van der Waals surface area (Å²) in [5.74, 6) is 7.16. The first-order chi connectivity index (χ1) is 65.2. The van der Waals surface area contributed by atoms with Gasteiger partial charge in [-0.15, -0.1) is 0 Å². The summed E-state index contributed by atoms with van der Waals surface area (Å²) >= 11 is 50.2. The normalized spacial score (nSPS) is 20.5. The van der Waals surface area contributed by atoms with E-state index in [0.717, 1.165) is 243 Å². The van der Waals surface area contributed by atoms with E-state index in [0.29, 0.717) is 101 Å². The van der Waals surface area contributed by atoms with Gasteiger partial charge in [0.2, 0.25) is 0 Å². The van der Waals surface area contributed by atoms with Crippen molar-refractivity contribution >= 4 is 184 Å². The van der Waals surface area contributed by atoms with E-state index in [-0.39, 0.29) is 48.8 Å². The van der Waals surface area contributed by atoms with Crippen LogP contribution in [-0.4, -0.2) is 263 Å². The number of rotatable bonds is 24. The van der Waals surface area contributed by atoms with Gasteiger partial charge in [0.05, 0.1) is 97.9 Å². The summed E-state index contributed by atoms with van der Waals surface area (Å²) in [6.45, 7) is 35.9. The van der Waals surface area contributed by atoms with Gasteiger partial charge in [-0.1, -0.05) is 117 Å². The first kappa shape index (κ1) is 98.3. The standard InChI is InChI=1S/2C25H30Cl2N6O.2C24H28Cl2N6O2/c2*1-15(34)11-31-8-4-5-18(12-31)19-13-32(14-19)23-10-28-24-16(2)30-33(25(24)29-23)17(3)21-7-6-20(26)9-22(21)27;2*1-14-23-24(32(29-14)15(2)19-6-5-18(25)8-20(19)26)28-21(9-27-23)31-11-17(12-31)16-4-3-7-30(10-16)13-22(33)34/h2*6-7,9-10,17-19H,4-5,8,11-14H2,1-3H3;2*5-6,8-9,15-17H,3-4,7,10-13H2,1-2H3,(H,33,34)/t17-,18+;17-,18-;15-,16+;15-,16-/m1111/s1. The lowest BCUT2D eigenvalue weighted by Crippen LogP contribution is -2.54. The summed E-state index contributed by atoms with van der Waals surface area (Å²) in [5, 5.41) is 42.0. The maximum absolute atomic E-state index is 11.5. The fourth-order valence-corrected chi connectivity index (χ4v) is 23.5. The van der Waals surface area contributed by atoms with Crippen molar-refractivity contribution in [1.29, 1.82) is 0 Å². The van der Waals surface area contributed by atoms with Crippen LogP contribution in [0.5, 0.6) is 0 Å². The molecule has 20 rings (SSSR count). The van der Waals surface area contributed by atoms with Gasteiger partial charge in [0, 0.05) is 119 Å². The summed E-state index contributed by atoms with van der Waals surface area (Å²) in [6, 6.07) is 21.6. The number of likely N-dealkylation sites (tertiary alicyclic amines) is 4. The van der Waals surface area contributed by atoms with Crippen molar-refractivity contribution in [2.45, 2.75) is 145 Å². The molecule has 0 amide bonds. The molecule has 16 heterocycles. The summed E-state index contributed by atoms with van der Waals surface area (Å²) in [5.41, 5.74) is 13.3. The van der Waals surface area contributed by atoms with Gasteiger partial charge in [-0.05, 0) is 265 Å². The van der Waals surface area contributed by atoms with E-state index in [4.69, 9.17) is 153 Å². The lowest BCUT2D eigenvalue weighted by molar-refractivity contribution is -0.139. The maximum atomic E-state index is 11.5. The summed E-state index contributed by atoms with van der Waals surface area (Å²) in [7, 11) is 0. The average Bonchev–Trinajstić information content (AvgIpc) is 1.61. The number of aryl methyl sites for hydroxylation is 4. The highest BCUT2D eigenvalue weighted by Gasteiger charge is 2.43. The van der Waals surface area contributed by atoms with E-state index < -0.39 is 11.9 Å². The predicted octanol–water partition coefficient (Wildman–Crippen LogP) is 18.1. The summed E-state index contributed by atoms with van der Waals surface area (Å²) in [6.07, 6.45) is 16.6. The Morgan fingerprint density at radius 2 is 0.537 bits per heavy atom. The molecule has 0 spiro atoms. The number of fused-ring (bicyclic) bond motifs is 4. The number of hydrogen-bond acceptors (Lipinski definition) is 24. The van der Waals surface area contributed by atoms with Gasteiger partial charge in [-0.25, -0.2) is 58.6 Å². The minimum atomic E-state index is -0.750. The smallest absolute Gasteiger partial charge is 0.317 e. The number of hydrogen-bond donors (Lipinski definition) is 2. The SMILES string of the molecule is CC(=O)CN1CCC[C@@H](C2CN(c3cnc4c(C)nn([C@H](C)c5ccc(Cl)cc5Cl)c4n3)C2)C1.CC(=O)CN1CCC[C@H](C2CN(c3cnc4c(C)nn([C@H](C)c5ccc(Cl)cc5Cl)c4n3)C2)C1.Cc1nn([C@H](C)c2ccc(Cl)cc2Cl)c2nc(N3CC([C@@H]4CCCN(CC(=O)O)C4)C3)cnc12.Cc1nn([C@H](C)c2ccc(Cl)cc2Cl)c2nc(N3CC([C@H]4CCCN(CC(=O)O)C4)C3)cnc12. The number of ketones is 2. The van der Waals surface area contributed by atoms with Crippen LogP contribution in [0.4, 0.5) is 23.3 Å². The number of carbonyl (C=O) groups is 4. The molecule has 8 aliphatic rings. The van der Waals surface area contributed by atoms with Gasteiger partial charge in [-0.2, -0.15) is 20.4 Å². The first-order valence-electron chi connectivity index (χ1n) is 47.2. The third kappa shape index (κ3) is 22.0. The number of aromatic nitrogens is 16. The molecule has 0 bridgehead atoms. The van der Waals surface area contributed by atoms with Gasteiger partial charge < -0.3 is 29.8 Å². The average molecular weight is 2010 g/mol. The van der Waals surface area contributed by atoms with Crippen LogP contribution < -0.4 is 19.6 Å². The second-order valence-electron chi connectivity index (χ2n) is 38.5. The highest BCUT2D eigenvalue weighted by molar-refractivity contribution is 6.37. The zero-order valence-corrected chi connectivity index (χ0v) is 84.3. The minimum absolute atomic E-state index is 0.107. The number of benzene rings is 4. The summed E-state index contributed by atoms with van der Waals surface area (Å²) in [4.78, 5) is 102. The summed E-state index contributed by atoms with van der Waals surface area (Å²) < 4.78 is 7.60. The molecule has 8 aromatic heterocycles. The van der Waals surface area contributed by atoms with E-state index in [1.165, 1.54) is 25.7 Å². The molecule has 12 aromatic rings. The Hall–Kier alpha value is -9.28. The van der Waals surface area contributed by atoms with Crippen LogP contribution >= 0.6 is 92.8 Å². The molecule has 0 aliphatic carbocycles. The Morgan fingerprint density at radius 1 is 0.324 bits per heavy atom. The van der Waals surface area contributed by atoms with Gasteiger partial charge in [0.25, 0.3) is 0 Å². The molecular formula is C98H116Cl8N24O6. The van der Waals surface area contributed by atoms with Crippen LogP contribution in [-0.2, 0) is 19.2 Å². The van der Waals surface area contributed by atoms with Crippen LogP contribution in [0.25, 0.3) is 44.7 Å². The van der Waals surface area contributed by atoms with Gasteiger partial charge in [-0.3, -0.25) is 38.8 Å². The van der Waals surface area contributed by atoms with Crippen molar-refractivity contribution in [2.75, 3.05) is 150 Å². The van der Waals surface area contributed by atoms with Gasteiger partial charge in [0.1, 0.15) is 56.9 Å². The van der Waals surface area contributed by atoms with Crippen LogP contribution in [0.1, 0.15) is 162 Å². The second-order valence-corrected chi connectivity index (χ2v) is 41.9. The maximum Gasteiger partial charge on any atom is 0.317 e. The van der Waals surface area contributed by atoms with Crippen LogP contribution in [0.3, 0.4) is 0 Å². The Kier molecular flexibility index (Phi) is 30.7. The number of anilines is 4. The second kappa shape index (κ2) is 42.4. The lowest BCUT2D eigenvalue weighted by atomic mass is 9.80. The molecule has 136 heavy (non-hydrogen) atoms. The van der Waals surface area contributed by atoms with Crippen molar-refractivity contribution in [1.82, 2.24) is 98.6 Å². The molecule has 8 fully saturated rings. The number of nitrogens with zero attached hydrogens (tertiary/aromatic N) is 24. The monoisotopic (exact) mass is 2000 g/mol. The van der Waals surface area contributed by atoms with E-state index >= 15 is 0 Å². The number of carbonyl (C=O) groups excluding carboxylic acids is 2. The molecule has 4 aromatic carbocycles. The Balaban J connectivity index is 0.000000126. The third-order valence-corrected chi connectivity index (χ3v) is 31.0. The first-order valence-corrected chi connectivity index (χ1v) is 50.2. The van der Waals surface area contributed by atoms with Crippen molar-refractivity contribution in [3.8, 4) is 0 Å². The fraction of sp³-hybridized carbons (Fsp3) is 0.510. The molecule has 8 saturated heterocycles. The lowest BCUT2D eigenvalue weighted by Gasteiger charge is -2.46. The molecular weight excluding hydrogens is 1890 g/mol. The van der Waals surface area contributed by atoms with E-state index in [1.54, 1.807) is 38.1 Å². The van der Waals surface area contributed by atoms with Crippen molar-refractivity contribution in [2.24, 2.45) is 47.3 Å². The topological polar surface area (TPSA) is 309 Å².